The van der Waals surface area contributed by atoms with Crippen LogP contribution < -0.4 is 0 Å². The molecule has 5 nitrogen and oxygen atoms in total. The summed E-state index contributed by atoms with van der Waals surface area (Å²) < 4.78 is 1.89. The van der Waals surface area contributed by atoms with Gasteiger partial charge in [0.25, 0.3) is 0 Å². The Labute approximate surface area is 132 Å². The van der Waals surface area contributed by atoms with Crippen molar-refractivity contribution in [2.75, 3.05) is 32.7 Å². The predicted octanol–water partition coefficient (Wildman–Crippen LogP) is 2.23. The van der Waals surface area contributed by atoms with E-state index in [1.54, 1.807) is 12.2 Å². The average Bonchev–Trinajstić information content (AvgIpc) is 3.06. The van der Waals surface area contributed by atoms with Crippen LogP contribution in [-0.2, 0) is 4.79 Å². The fraction of sp³-hybridized carbons (Fsp3) is 0.429. The topological polar surface area (TPSA) is 40.8 Å². The third-order valence-electron chi connectivity index (χ3n) is 3.77. The van der Waals surface area contributed by atoms with E-state index in [-0.39, 0.29) is 5.91 Å². The number of hydrogen-bond acceptors (Lipinski definition) is 4. The molecule has 0 atom stereocenters. The number of thiazole rings is 1. The first-order valence-electron chi connectivity index (χ1n) is 6.99. The number of amides is 1. The molecule has 112 valence electrons. The molecule has 0 aliphatic carbocycles. The number of imidazole rings is 1. The van der Waals surface area contributed by atoms with Crippen molar-refractivity contribution in [3.05, 3.63) is 28.5 Å². The van der Waals surface area contributed by atoms with Crippen LogP contribution in [0, 0.1) is 0 Å². The SMILES string of the molecule is CCN1CCN(C(=O)C=Cc2c(Cl)nc3sccn23)CC1. The summed E-state index contributed by atoms with van der Waals surface area (Å²) in [6.07, 6.45) is 5.25. The van der Waals surface area contributed by atoms with Crippen molar-refractivity contribution in [2.45, 2.75) is 6.92 Å². The highest BCUT2D eigenvalue weighted by Gasteiger charge is 2.18. The maximum Gasteiger partial charge on any atom is 0.246 e. The number of likely N-dealkylation sites (N-methyl/N-ethyl adjacent to an activating group) is 1. The summed E-state index contributed by atoms with van der Waals surface area (Å²) in [5.74, 6) is 0.0343. The molecule has 3 heterocycles. The zero-order valence-corrected chi connectivity index (χ0v) is 13.4. The molecule has 1 saturated heterocycles. The van der Waals surface area contributed by atoms with E-state index in [1.165, 1.54) is 11.3 Å². The third kappa shape index (κ3) is 2.97. The van der Waals surface area contributed by atoms with E-state index in [2.05, 4.69) is 16.8 Å². The van der Waals surface area contributed by atoms with Crippen LogP contribution in [0.2, 0.25) is 5.15 Å². The van der Waals surface area contributed by atoms with Crippen molar-refractivity contribution < 1.29 is 4.79 Å². The Bertz CT molecular complexity index is 670. The average molecular weight is 325 g/mol. The molecule has 21 heavy (non-hydrogen) atoms. The molecule has 2 aromatic heterocycles. The molecule has 7 heteroatoms. The summed E-state index contributed by atoms with van der Waals surface area (Å²) in [4.78, 5) is 21.5. The lowest BCUT2D eigenvalue weighted by molar-refractivity contribution is -0.127. The number of hydrogen-bond donors (Lipinski definition) is 0. The van der Waals surface area contributed by atoms with Crippen LogP contribution in [0.4, 0.5) is 0 Å². The lowest BCUT2D eigenvalue weighted by Gasteiger charge is -2.33. The highest BCUT2D eigenvalue weighted by Crippen LogP contribution is 2.22. The fourth-order valence-corrected chi connectivity index (χ4v) is 3.47. The largest absolute Gasteiger partial charge is 0.337 e. The summed E-state index contributed by atoms with van der Waals surface area (Å²) in [6, 6.07) is 0. The van der Waals surface area contributed by atoms with Gasteiger partial charge < -0.3 is 9.80 Å². The van der Waals surface area contributed by atoms with Gasteiger partial charge in [0.15, 0.2) is 10.1 Å². The number of halogens is 1. The second-order valence-corrected chi connectivity index (χ2v) is 6.17. The summed E-state index contributed by atoms with van der Waals surface area (Å²) in [6.45, 7) is 6.64. The highest BCUT2D eigenvalue weighted by atomic mass is 35.5. The minimum atomic E-state index is 0.0343. The molecule has 1 aliphatic heterocycles. The van der Waals surface area contributed by atoms with Gasteiger partial charge in [-0.25, -0.2) is 4.98 Å². The minimum absolute atomic E-state index is 0.0343. The van der Waals surface area contributed by atoms with Gasteiger partial charge in [0.05, 0.1) is 5.69 Å². The second-order valence-electron chi connectivity index (χ2n) is 4.94. The van der Waals surface area contributed by atoms with Crippen LogP contribution >= 0.6 is 22.9 Å². The Hall–Kier alpha value is -1.37. The normalized spacial score (nSPS) is 17.1. The van der Waals surface area contributed by atoms with Gasteiger partial charge in [-0.3, -0.25) is 9.20 Å². The van der Waals surface area contributed by atoms with Gasteiger partial charge in [0.1, 0.15) is 0 Å². The highest BCUT2D eigenvalue weighted by molar-refractivity contribution is 7.15. The quantitative estimate of drug-likeness (QED) is 0.813. The maximum absolute atomic E-state index is 12.2. The summed E-state index contributed by atoms with van der Waals surface area (Å²) in [5, 5.41) is 2.38. The predicted molar refractivity (Wildman–Crippen MR) is 85.8 cm³/mol. The van der Waals surface area contributed by atoms with Crippen LogP contribution in [0.25, 0.3) is 11.0 Å². The van der Waals surface area contributed by atoms with E-state index in [1.807, 2.05) is 20.9 Å². The van der Waals surface area contributed by atoms with Gasteiger partial charge in [-0.15, -0.1) is 11.3 Å². The van der Waals surface area contributed by atoms with E-state index in [0.29, 0.717) is 5.15 Å². The second kappa shape index (κ2) is 6.17. The Morgan fingerprint density at radius 2 is 2.19 bits per heavy atom. The van der Waals surface area contributed by atoms with E-state index < -0.39 is 0 Å². The number of rotatable bonds is 3. The van der Waals surface area contributed by atoms with E-state index >= 15 is 0 Å². The van der Waals surface area contributed by atoms with Crippen molar-refractivity contribution in [1.29, 1.82) is 0 Å². The smallest absolute Gasteiger partial charge is 0.246 e. The van der Waals surface area contributed by atoms with Crippen LogP contribution in [0.1, 0.15) is 12.6 Å². The molecule has 1 amide bonds. The van der Waals surface area contributed by atoms with Crippen molar-refractivity contribution >= 4 is 39.9 Å². The molecule has 0 spiro atoms. The van der Waals surface area contributed by atoms with Gasteiger partial charge in [0, 0.05) is 43.8 Å². The maximum atomic E-state index is 12.2. The van der Waals surface area contributed by atoms with E-state index in [4.69, 9.17) is 11.6 Å². The van der Waals surface area contributed by atoms with Crippen molar-refractivity contribution in [3.8, 4) is 0 Å². The first kappa shape index (κ1) is 14.6. The molecule has 1 fully saturated rings. The Kier molecular flexibility index (Phi) is 4.28. The van der Waals surface area contributed by atoms with E-state index in [0.717, 1.165) is 43.4 Å². The summed E-state index contributed by atoms with van der Waals surface area (Å²) >= 11 is 7.63. The molecule has 0 radical (unpaired) electrons. The van der Waals surface area contributed by atoms with Crippen LogP contribution in [0.3, 0.4) is 0 Å². The van der Waals surface area contributed by atoms with Crippen LogP contribution in [0.5, 0.6) is 0 Å². The first-order valence-corrected chi connectivity index (χ1v) is 8.25. The first-order chi connectivity index (χ1) is 10.2. The Balaban J connectivity index is 1.70. The van der Waals surface area contributed by atoms with Crippen LogP contribution in [-0.4, -0.2) is 57.8 Å². The molecular weight excluding hydrogens is 308 g/mol. The van der Waals surface area contributed by atoms with Crippen molar-refractivity contribution in [2.24, 2.45) is 0 Å². The number of carbonyl (C=O) groups is 1. The zero-order chi connectivity index (χ0) is 14.8. The molecule has 2 aromatic rings. The van der Waals surface area contributed by atoms with Crippen molar-refractivity contribution in [1.82, 2.24) is 19.2 Å². The molecule has 0 N–H and O–H groups in total. The molecule has 0 bridgehead atoms. The number of aromatic nitrogens is 2. The number of piperazine rings is 1. The molecule has 1 aliphatic rings. The number of carbonyl (C=O) groups excluding carboxylic acids is 1. The zero-order valence-electron chi connectivity index (χ0n) is 11.8. The van der Waals surface area contributed by atoms with Gasteiger partial charge in [-0.2, -0.15) is 0 Å². The standard InChI is InChI=1S/C14H17ClN4OS/c1-2-17-5-7-18(8-6-17)12(20)4-3-11-13(15)16-14-19(11)9-10-21-14/h3-4,9-10H,2,5-8H2,1H3. The Morgan fingerprint density at radius 3 is 2.90 bits per heavy atom. The lowest BCUT2D eigenvalue weighted by atomic mass is 10.3. The molecule has 0 aromatic carbocycles. The monoisotopic (exact) mass is 324 g/mol. The van der Waals surface area contributed by atoms with Gasteiger partial charge in [-0.05, 0) is 12.6 Å². The molecule has 3 rings (SSSR count). The summed E-state index contributed by atoms with van der Waals surface area (Å²) in [5.41, 5.74) is 0.758. The molecule has 0 saturated carbocycles. The number of nitrogens with zero attached hydrogens (tertiary/aromatic N) is 4. The van der Waals surface area contributed by atoms with Crippen LogP contribution in [0.15, 0.2) is 17.7 Å². The fourth-order valence-electron chi connectivity index (χ4n) is 2.47. The minimum Gasteiger partial charge on any atom is -0.337 e. The molecular formula is C14H17ClN4OS. The number of fused-ring (bicyclic) bond motifs is 1. The van der Waals surface area contributed by atoms with Crippen molar-refractivity contribution in [3.63, 3.8) is 0 Å². The Morgan fingerprint density at radius 1 is 1.43 bits per heavy atom. The van der Waals surface area contributed by atoms with Gasteiger partial charge in [0.2, 0.25) is 5.91 Å². The third-order valence-corrected chi connectivity index (χ3v) is 4.80. The molecule has 0 unspecified atom stereocenters. The van der Waals surface area contributed by atoms with E-state index in [9.17, 15) is 4.79 Å². The lowest BCUT2D eigenvalue weighted by Crippen LogP contribution is -2.48. The van der Waals surface area contributed by atoms with Gasteiger partial charge in [-0.1, -0.05) is 18.5 Å². The van der Waals surface area contributed by atoms with Gasteiger partial charge >= 0.3 is 0 Å². The summed E-state index contributed by atoms with van der Waals surface area (Å²) in [7, 11) is 0.